The predicted octanol–water partition coefficient (Wildman–Crippen LogP) is 5.31. The van der Waals surface area contributed by atoms with Crippen LogP contribution in [0.1, 0.15) is 42.3 Å². The fraction of sp³-hybridized carbons (Fsp3) is 0.412. The van der Waals surface area contributed by atoms with Gasteiger partial charge in [0, 0.05) is 4.88 Å². The molecule has 1 heterocycles. The molecule has 1 unspecified atom stereocenters. The summed E-state index contributed by atoms with van der Waals surface area (Å²) in [5, 5.41) is 3.57. The molecule has 1 N–H and O–H groups in total. The lowest BCUT2D eigenvalue weighted by Gasteiger charge is -2.17. The molecule has 0 saturated heterocycles. The SMILES string of the molecule is CCCOc1ccc(C(NCC)c2cc(C)c(Br)s2)cc1. The van der Waals surface area contributed by atoms with Crippen molar-refractivity contribution >= 4 is 27.3 Å². The van der Waals surface area contributed by atoms with E-state index in [1.165, 1.54) is 19.8 Å². The summed E-state index contributed by atoms with van der Waals surface area (Å²) in [5.74, 6) is 0.944. The van der Waals surface area contributed by atoms with Crippen molar-refractivity contribution in [3.8, 4) is 5.75 Å². The minimum Gasteiger partial charge on any atom is -0.494 e. The van der Waals surface area contributed by atoms with Crippen LogP contribution in [0.5, 0.6) is 5.75 Å². The molecule has 1 aromatic heterocycles. The van der Waals surface area contributed by atoms with Crippen LogP contribution in [0.4, 0.5) is 0 Å². The summed E-state index contributed by atoms with van der Waals surface area (Å²) in [5.41, 5.74) is 2.57. The van der Waals surface area contributed by atoms with E-state index in [2.05, 4.69) is 72.3 Å². The maximum atomic E-state index is 5.65. The third-order valence-electron chi connectivity index (χ3n) is 3.26. The molecule has 0 aliphatic heterocycles. The number of hydrogen-bond acceptors (Lipinski definition) is 3. The zero-order chi connectivity index (χ0) is 15.2. The number of thiophene rings is 1. The van der Waals surface area contributed by atoms with Gasteiger partial charge in [0.05, 0.1) is 16.4 Å². The van der Waals surface area contributed by atoms with Crippen LogP contribution in [-0.2, 0) is 0 Å². The number of halogens is 1. The van der Waals surface area contributed by atoms with Gasteiger partial charge in [0.15, 0.2) is 0 Å². The largest absolute Gasteiger partial charge is 0.494 e. The lowest BCUT2D eigenvalue weighted by atomic mass is 10.0. The van der Waals surface area contributed by atoms with Crippen LogP contribution in [0.25, 0.3) is 0 Å². The number of aryl methyl sites for hydroxylation is 1. The average molecular weight is 368 g/mol. The van der Waals surface area contributed by atoms with Gasteiger partial charge >= 0.3 is 0 Å². The molecule has 1 atom stereocenters. The Morgan fingerprint density at radius 3 is 2.48 bits per heavy atom. The molecule has 114 valence electrons. The average Bonchev–Trinajstić information content (AvgIpc) is 2.82. The molecule has 1 aromatic carbocycles. The van der Waals surface area contributed by atoms with Crippen LogP contribution in [-0.4, -0.2) is 13.2 Å². The van der Waals surface area contributed by atoms with E-state index < -0.39 is 0 Å². The fourth-order valence-corrected chi connectivity index (χ4v) is 3.86. The van der Waals surface area contributed by atoms with Crippen molar-refractivity contribution in [1.29, 1.82) is 0 Å². The summed E-state index contributed by atoms with van der Waals surface area (Å²) in [6.07, 6.45) is 1.03. The molecule has 21 heavy (non-hydrogen) atoms. The maximum Gasteiger partial charge on any atom is 0.119 e. The first-order valence-electron chi connectivity index (χ1n) is 7.37. The van der Waals surface area contributed by atoms with Crippen molar-refractivity contribution in [2.45, 2.75) is 33.2 Å². The zero-order valence-corrected chi connectivity index (χ0v) is 15.2. The van der Waals surface area contributed by atoms with Gasteiger partial charge in [-0.3, -0.25) is 0 Å². The van der Waals surface area contributed by atoms with Crippen LogP contribution in [0.15, 0.2) is 34.1 Å². The molecule has 0 bridgehead atoms. The van der Waals surface area contributed by atoms with E-state index in [0.29, 0.717) is 0 Å². The van der Waals surface area contributed by atoms with Gasteiger partial charge in [-0.25, -0.2) is 0 Å². The monoisotopic (exact) mass is 367 g/mol. The van der Waals surface area contributed by atoms with Gasteiger partial charge in [-0.05, 0) is 65.1 Å². The zero-order valence-electron chi connectivity index (χ0n) is 12.8. The lowest BCUT2D eigenvalue weighted by molar-refractivity contribution is 0.317. The molecule has 0 fully saturated rings. The quantitative estimate of drug-likeness (QED) is 0.715. The minimum absolute atomic E-state index is 0.241. The summed E-state index contributed by atoms with van der Waals surface area (Å²) < 4.78 is 6.86. The molecule has 2 nitrogen and oxygen atoms in total. The Bertz CT molecular complexity index is 545. The van der Waals surface area contributed by atoms with Crippen molar-refractivity contribution in [2.24, 2.45) is 0 Å². The summed E-state index contributed by atoms with van der Waals surface area (Å²) >= 11 is 5.42. The Hall–Kier alpha value is -0.840. The molecule has 4 heteroatoms. The third-order valence-corrected chi connectivity index (χ3v) is 5.46. The van der Waals surface area contributed by atoms with E-state index in [0.717, 1.165) is 25.3 Å². The normalized spacial score (nSPS) is 12.4. The maximum absolute atomic E-state index is 5.65. The highest BCUT2D eigenvalue weighted by Crippen LogP contribution is 2.34. The Morgan fingerprint density at radius 2 is 1.95 bits per heavy atom. The smallest absolute Gasteiger partial charge is 0.119 e. The molecule has 2 aromatic rings. The van der Waals surface area contributed by atoms with E-state index in [4.69, 9.17) is 4.74 Å². The predicted molar refractivity (Wildman–Crippen MR) is 94.5 cm³/mol. The van der Waals surface area contributed by atoms with Gasteiger partial charge < -0.3 is 10.1 Å². The van der Waals surface area contributed by atoms with Gasteiger partial charge in [-0.1, -0.05) is 26.0 Å². The number of ether oxygens (including phenoxy) is 1. The number of hydrogen-bond donors (Lipinski definition) is 1. The second kappa shape index (κ2) is 7.97. The third kappa shape index (κ3) is 4.31. The first-order chi connectivity index (χ1) is 10.2. The molecule has 0 aliphatic rings. The van der Waals surface area contributed by atoms with Gasteiger partial charge in [-0.15, -0.1) is 11.3 Å². The molecule has 2 rings (SSSR count). The lowest BCUT2D eigenvalue weighted by Crippen LogP contribution is -2.21. The van der Waals surface area contributed by atoms with Crippen molar-refractivity contribution < 1.29 is 4.74 Å². The first-order valence-corrected chi connectivity index (χ1v) is 8.98. The van der Waals surface area contributed by atoms with Crippen LogP contribution in [0.3, 0.4) is 0 Å². The second-order valence-electron chi connectivity index (χ2n) is 5.01. The highest BCUT2D eigenvalue weighted by molar-refractivity contribution is 9.11. The number of nitrogens with one attached hydrogen (secondary N) is 1. The van der Waals surface area contributed by atoms with Crippen molar-refractivity contribution in [3.63, 3.8) is 0 Å². The standard InChI is InChI=1S/C17H22BrNOS/c1-4-10-20-14-8-6-13(7-9-14)16(19-5-2)15-11-12(3)17(18)21-15/h6-9,11,16,19H,4-5,10H2,1-3H3. The summed E-state index contributed by atoms with van der Waals surface area (Å²) in [4.78, 5) is 1.34. The Labute approximate surface area is 139 Å². The summed E-state index contributed by atoms with van der Waals surface area (Å²) in [7, 11) is 0. The Morgan fingerprint density at radius 1 is 1.24 bits per heavy atom. The molecular formula is C17H22BrNOS. The molecule has 0 saturated carbocycles. The fourth-order valence-electron chi connectivity index (χ4n) is 2.19. The highest BCUT2D eigenvalue weighted by atomic mass is 79.9. The van der Waals surface area contributed by atoms with E-state index in [9.17, 15) is 0 Å². The van der Waals surface area contributed by atoms with Gasteiger partial charge in [-0.2, -0.15) is 0 Å². The van der Waals surface area contributed by atoms with Crippen LogP contribution >= 0.6 is 27.3 Å². The first kappa shape index (κ1) is 16.5. The molecular weight excluding hydrogens is 346 g/mol. The van der Waals surface area contributed by atoms with E-state index >= 15 is 0 Å². The van der Waals surface area contributed by atoms with Crippen molar-refractivity contribution in [1.82, 2.24) is 5.32 Å². The topological polar surface area (TPSA) is 21.3 Å². The molecule has 0 aliphatic carbocycles. The van der Waals surface area contributed by atoms with Crippen LogP contribution < -0.4 is 10.1 Å². The second-order valence-corrected chi connectivity index (χ2v) is 7.42. The van der Waals surface area contributed by atoms with Crippen LogP contribution in [0.2, 0.25) is 0 Å². The summed E-state index contributed by atoms with van der Waals surface area (Å²) in [6, 6.07) is 10.9. The van der Waals surface area contributed by atoms with Crippen LogP contribution in [0, 0.1) is 6.92 Å². The van der Waals surface area contributed by atoms with Gasteiger partial charge in [0.2, 0.25) is 0 Å². The van der Waals surface area contributed by atoms with E-state index in [1.54, 1.807) is 11.3 Å². The minimum atomic E-state index is 0.241. The molecule has 0 amide bonds. The van der Waals surface area contributed by atoms with Gasteiger partial charge in [0.25, 0.3) is 0 Å². The summed E-state index contributed by atoms with van der Waals surface area (Å²) in [6.45, 7) is 8.10. The Balaban J connectivity index is 2.21. The van der Waals surface area contributed by atoms with Crippen molar-refractivity contribution in [3.05, 3.63) is 50.1 Å². The van der Waals surface area contributed by atoms with E-state index in [-0.39, 0.29) is 6.04 Å². The highest BCUT2D eigenvalue weighted by Gasteiger charge is 2.16. The number of rotatable bonds is 7. The Kier molecular flexibility index (Phi) is 6.27. The van der Waals surface area contributed by atoms with Gasteiger partial charge in [0.1, 0.15) is 5.75 Å². The number of benzene rings is 1. The van der Waals surface area contributed by atoms with Crippen molar-refractivity contribution in [2.75, 3.05) is 13.2 Å². The molecule has 0 spiro atoms. The molecule has 0 radical (unpaired) electrons. The van der Waals surface area contributed by atoms with E-state index in [1.807, 2.05) is 0 Å².